The first kappa shape index (κ1) is 21.1. The van der Waals surface area contributed by atoms with E-state index < -0.39 is 28.9 Å². The number of hydrogen-bond donors (Lipinski definition) is 0. The molecule has 0 radical (unpaired) electrons. The fourth-order valence-corrected chi connectivity index (χ4v) is 3.37. The maximum Gasteiger partial charge on any atom is 0.416 e. The summed E-state index contributed by atoms with van der Waals surface area (Å²) in [5.41, 5.74) is -1.08. The molecule has 3 rings (SSSR count). The standard InChI is InChI=1S/C21H20F4N2O2/c1-27-9-7-13(8-10-27)20(29)18-4-2-3-15(26-18)12-19(28)16-6-5-14(11-17(16)22)21(23,24)25/h2-6,11,13H,7-10,12H2,1H3. The second kappa shape index (κ2) is 8.41. The lowest BCUT2D eigenvalue weighted by Gasteiger charge is -2.27. The molecule has 1 saturated heterocycles. The smallest absolute Gasteiger partial charge is 0.306 e. The number of carbonyl (C=O) groups excluding carboxylic acids is 2. The van der Waals surface area contributed by atoms with E-state index in [1.165, 1.54) is 6.07 Å². The Kier molecular flexibility index (Phi) is 6.12. The molecule has 1 aromatic heterocycles. The van der Waals surface area contributed by atoms with Crippen LogP contribution in [0.2, 0.25) is 0 Å². The first-order valence-electron chi connectivity index (χ1n) is 9.24. The van der Waals surface area contributed by atoms with Gasteiger partial charge in [-0.2, -0.15) is 13.2 Å². The predicted octanol–water partition coefficient (Wildman–Crippen LogP) is 4.19. The highest BCUT2D eigenvalue weighted by Gasteiger charge is 2.32. The molecule has 2 heterocycles. The number of hydrogen-bond acceptors (Lipinski definition) is 4. The summed E-state index contributed by atoms with van der Waals surface area (Å²) in [6.45, 7) is 1.64. The largest absolute Gasteiger partial charge is 0.416 e. The lowest BCUT2D eigenvalue weighted by atomic mass is 9.91. The minimum atomic E-state index is -4.69. The monoisotopic (exact) mass is 408 g/mol. The lowest BCUT2D eigenvalue weighted by molar-refractivity contribution is -0.137. The van der Waals surface area contributed by atoms with E-state index in [1.54, 1.807) is 12.1 Å². The molecule has 4 nitrogen and oxygen atoms in total. The van der Waals surface area contributed by atoms with Crippen LogP contribution in [-0.4, -0.2) is 41.6 Å². The number of nitrogens with zero attached hydrogens (tertiary/aromatic N) is 2. The quantitative estimate of drug-likeness (QED) is 0.550. The Balaban J connectivity index is 1.73. The van der Waals surface area contributed by atoms with Gasteiger partial charge in [-0.1, -0.05) is 6.07 Å². The van der Waals surface area contributed by atoms with Gasteiger partial charge in [-0.05, 0) is 63.3 Å². The molecule has 0 aliphatic carbocycles. The molecule has 0 bridgehead atoms. The van der Waals surface area contributed by atoms with Gasteiger partial charge in [0.2, 0.25) is 0 Å². The number of piperidine rings is 1. The average molecular weight is 408 g/mol. The Hall–Kier alpha value is -2.61. The Morgan fingerprint density at radius 1 is 1.14 bits per heavy atom. The second-order valence-corrected chi connectivity index (χ2v) is 7.25. The predicted molar refractivity (Wildman–Crippen MR) is 98.2 cm³/mol. The number of ketones is 2. The number of halogens is 4. The van der Waals surface area contributed by atoms with Gasteiger partial charge in [0.1, 0.15) is 11.5 Å². The Morgan fingerprint density at radius 3 is 2.45 bits per heavy atom. The number of likely N-dealkylation sites (tertiary alicyclic amines) is 1. The highest BCUT2D eigenvalue weighted by molar-refractivity contribution is 5.98. The summed E-state index contributed by atoms with van der Waals surface area (Å²) in [6, 6.07) is 6.51. The molecule has 1 aliphatic heterocycles. The van der Waals surface area contributed by atoms with Crippen LogP contribution in [0.5, 0.6) is 0 Å². The van der Waals surface area contributed by atoms with Crippen molar-refractivity contribution in [3.8, 4) is 0 Å². The summed E-state index contributed by atoms with van der Waals surface area (Å²) in [6.07, 6.45) is -3.53. The van der Waals surface area contributed by atoms with Crippen molar-refractivity contribution in [2.45, 2.75) is 25.4 Å². The first-order valence-corrected chi connectivity index (χ1v) is 9.24. The van der Waals surface area contributed by atoms with Gasteiger partial charge in [-0.15, -0.1) is 0 Å². The van der Waals surface area contributed by atoms with E-state index in [0.717, 1.165) is 32.0 Å². The number of Topliss-reactive ketones (excluding diaryl/α,β-unsaturated/α-hetero) is 2. The van der Waals surface area contributed by atoms with Crippen molar-refractivity contribution < 1.29 is 27.2 Å². The summed E-state index contributed by atoms with van der Waals surface area (Å²) < 4.78 is 52.0. The molecule has 0 saturated carbocycles. The zero-order valence-electron chi connectivity index (χ0n) is 15.8. The van der Waals surface area contributed by atoms with Crippen LogP contribution < -0.4 is 0 Å². The highest BCUT2D eigenvalue weighted by Crippen LogP contribution is 2.30. The maximum absolute atomic E-state index is 14.0. The molecule has 154 valence electrons. The zero-order valence-corrected chi connectivity index (χ0v) is 15.8. The van der Waals surface area contributed by atoms with E-state index >= 15 is 0 Å². The number of pyridine rings is 1. The van der Waals surface area contributed by atoms with Crippen LogP contribution in [0.25, 0.3) is 0 Å². The van der Waals surface area contributed by atoms with Gasteiger partial charge in [-0.25, -0.2) is 9.37 Å². The van der Waals surface area contributed by atoms with Gasteiger partial charge in [-0.3, -0.25) is 9.59 Å². The van der Waals surface area contributed by atoms with Crippen LogP contribution in [0.1, 0.15) is 44.9 Å². The van der Waals surface area contributed by atoms with Gasteiger partial charge < -0.3 is 4.90 Å². The van der Waals surface area contributed by atoms with Crippen LogP contribution in [0.15, 0.2) is 36.4 Å². The Morgan fingerprint density at radius 2 is 1.83 bits per heavy atom. The molecule has 2 aromatic rings. The van der Waals surface area contributed by atoms with Gasteiger partial charge in [0, 0.05) is 11.6 Å². The van der Waals surface area contributed by atoms with Crippen molar-refractivity contribution in [1.29, 1.82) is 0 Å². The van der Waals surface area contributed by atoms with Gasteiger partial charge >= 0.3 is 6.18 Å². The van der Waals surface area contributed by atoms with E-state index in [4.69, 9.17) is 0 Å². The molecule has 0 unspecified atom stereocenters. The van der Waals surface area contributed by atoms with Crippen molar-refractivity contribution in [1.82, 2.24) is 9.88 Å². The van der Waals surface area contributed by atoms with Crippen molar-refractivity contribution in [2.24, 2.45) is 5.92 Å². The SMILES string of the molecule is CN1CCC(C(=O)c2cccc(CC(=O)c3ccc(C(F)(F)F)cc3F)n2)CC1. The van der Waals surface area contributed by atoms with Crippen LogP contribution in [-0.2, 0) is 12.6 Å². The van der Waals surface area contributed by atoms with Crippen LogP contribution in [0.4, 0.5) is 17.6 Å². The summed E-state index contributed by atoms with van der Waals surface area (Å²) in [7, 11) is 1.99. The molecule has 0 amide bonds. The van der Waals surface area contributed by atoms with Crippen molar-refractivity contribution in [2.75, 3.05) is 20.1 Å². The number of carbonyl (C=O) groups is 2. The molecule has 1 fully saturated rings. The molecule has 8 heteroatoms. The molecule has 0 N–H and O–H groups in total. The number of benzene rings is 1. The highest BCUT2D eigenvalue weighted by atomic mass is 19.4. The summed E-state index contributed by atoms with van der Waals surface area (Å²) in [4.78, 5) is 31.4. The normalized spacial score (nSPS) is 16.0. The fourth-order valence-electron chi connectivity index (χ4n) is 3.37. The van der Waals surface area contributed by atoms with Crippen molar-refractivity contribution >= 4 is 11.6 Å². The molecule has 29 heavy (non-hydrogen) atoms. The fraction of sp³-hybridized carbons (Fsp3) is 0.381. The third kappa shape index (κ3) is 5.06. The summed E-state index contributed by atoms with van der Waals surface area (Å²) in [5.74, 6) is -2.15. The average Bonchev–Trinajstić information content (AvgIpc) is 2.67. The van der Waals surface area contributed by atoms with Gasteiger partial charge in [0.05, 0.1) is 17.5 Å². The maximum atomic E-state index is 14.0. The second-order valence-electron chi connectivity index (χ2n) is 7.25. The Bertz CT molecular complexity index is 919. The molecule has 0 atom stereocenters. The molecule has 1 aromatic carbocycles. The molecular weight excluding hydrogens is 388 g/mol. The van der Waals surface area contributed by atoms with E-state index in [9.17, 15) is 27.2 Å². The van der Waals surface area contributed by atoms with E-state index in [2.05, 4.69) is 9.88 Å². The van der Waals surface area contributed by atoms with Gasteiger partial charge in [0.25, 0.3) is 0 Å². The first-order chi connectivity index (χ1) is 13.6. The molecular formula is C21H20F4N2O2. The Labute approximate surface area is 165 Å². The lowest BCUT2D eigenvalue weighted by Crippen LogP contribution is -2.33. The third-order valence-electron chi connectivity index (χ3n) is 5.09. The van der Waals surface area contributed by atoms with Crippen molar-refractivity contribution in [3.63, 3.8) is 0 Å². The molecule has 0 spiro atoms. The summed E-state index contributed by atoms with van der Waals surface area (Å²) >= 11 is 0. The van der Waals surface area contributed by atoms with E-state index in [1.807, 2.05) is 7.05 Å². The van der Waals surface area contributed by atoms with Gasteiger partial charge in [0.15, 0.2) is 11.6 Å². The minimum absolute atomic E-state index is 0.0897. The summed E-state index contributed by atoms with van der Waals surface area (Å²) in [5, 5.41) is 0. The number of alkyl halides is 3. The number of rotatable bonds is 5. The van der Waals surface area contributed by atoms with Crippen molar-refractivity contribution in [3.05, 3.63) is 64.7 Å². The topological polar surface area (TPSA) is 50.3 Å². The van der Waals surface area contributed by atoms with Crippen LogP contribution >= 0.6 is 0 Å². The zero-order chi connectivity index (χ0) is 21.2. The number of aromatic nitrogens is 1. The molecule has 1 aliphatic rings. The third-order valence-corrected chi connectivity index (χ3v) is 5.09. The minimum Gasteiger partial charge on any atom is -0.306 e. The van der Waals surface area contributed by atoms with Crippen LogP contribution in [0.3, 0.4) is 0 Å². The van der Waals surface area contributed by atoms with E-state index in [-0.39, 0.29) is 29.5 Å². The van der Waals surface area contributed by atoms with Crippen LogP contribution in [0, 0.1) is 11.7 Å². The van der Waals surface area contributed by atoms with E-state index in [0.29, 0.717) is 12.1 Å².